The minimum absolute atomic E-state index is 0.0201. The highest BCUT2D eigenvalue weighted by molar-refractivity contribution is 5.91. The van der Waals surface area contributed by atoms with Crippen LogP contribution in [0.3, 0.4) is 0 Å². The molecule has 0 aromatic carbocycles. The lowest BCUT2D eigenvalue weighted by Gasteiger charge is -2.33. The van der Waals surface area contributed by atoms with Crippen molar-refractivity contribution in [3.8, 4) is 0 Å². The molecule has 0 atom stereocenters. The maximum absolute atomic E-state index is 12.2. The zero-order valence-electron chi connectivity index (χ0n) is 13.0. The summed E-state index contributed by atoms with van der Waals surface area (Å²) in [6.07, 6.45) is 0.892. The van der Waals surface area contributed by atoms with Crippen molar-refractivity contribution in [3.05, 3.63) is 28.0 Å². The van der Waals surface area contributed by atoms with E-state index >= 15 is 0 Å². The summed E-state index contributed by atoms with van der Waals surface area (Å²) in [7, 11) is 0. The first kappa shape index (κ1) is 16.9. The van der Waals surface area contributed by atoms with Crippen molar-refractivity contribution in [1.29, 1.82) is 0 Å². The van der Waals surface area contributed by atoms with E-state index < -0.39 is 10.8 Å². The quantitative estimate of drug-likeness (QED) is 0.602. The Balaban J connectivity index is 1.82. The summed E-state index contributed by atoms with van der Waals surface area (Å²) in [5.41, 5.74) is 0. The zero-order valence-corrected chi connectivity index (χ0v) is 13.0. The van der Waals surface area contributed by atoms with E-state index in [-0.39, 0.29) is 17.6 Å². The van der Waals surface area contributed by atoms with Crippen molar-refractivity contribution in [2.75, 3.05) is 39.3 Å². The largest absolute Gasteiger partial charge is 0.433 e. The number of nitrogens with zero attached hydrogens (tertiary/aromatic N) is 3. The first-order chi connectivity index (χ1) is 11.0. The Hall–Kier alpha value is -2.42. The molecule has 126 valence electrons. The molecule has 1 aromatic rings. The zero-order chi connectivity index (χ0) is 16.8. The molecule has 2 amide bonds. The van der Waals surface area contributed by atoms with E-state index in [1.165, 1.54) is 12.1 Å². The SMILES string of the molecule is CCCNC(=O)CN1CCN(C(=O)c2ccc([N+](=O)[O-])o2)CC1. The highest BCUT2D eigenvalue weighted by atomic mass is 16.6. The molecule has 1 saturated heterocycles. The molecule has 0 unspecified atom stereocenters. The van der Waals surface area contributed by atoms with Gasteiger partial charge in [0.05, 0.1) is 12.6 Å². The van der Waals surface area contributed by atoms with Crippen LogP contribution in [-0.4, -0.2) is 65.8 Å². The molecule has 1 aliphatic heterocycles. The number of furan rings is 1. The van der Waals surface area contributed by atoms with Gasteiger partial charge in [-0.05, 0) is 12.5 Å². The molecule has 9 heteroatoms. The Morgan fingerprint density at radius 2 is 2.00 bits per heavy atom. The number of rotatable bonds is 6. The Labute approximate surface area is 133 Å². The van der Waals surface area contributed by atoms with E-state index in [1.54, 1.807) is 4.90 Å². The fourth-order valence-corrected chi connectivity index (χ4v) is 2.33. The molecule has 23 heavy (non-hydrogen) atoms. The van der Waals surface area contributed by atoms with Crippen LogP contribution in [0, 0.1) is 10.1 Å². The van der Waals surface area contributed by atoms with Crippen molar-refractivity contribution in [3.63, 3.8) is 0 Å². The molecule has 2 heterocycles. The molecule has 0 saturated carbocycles. The molecular formula is C14H20N4O5. The molecular weight excluding hydrogens is 304 g/mol. The van der Waals surface area contributed by atoms with Gasteiger partial charge < -0.3 is 14.6 Å². The van der Waals surface area contributed by atoms with Crippen LogP contribution in [-0.2, 0) is 4.79 Å². The summed E-state index contributed by atoms with van der Waals surface area (Å²) in [4.78, 5) is 37.3. The second-order valence-electron chi connectivity index (χ2n) is 5.31. The van der Waals surface area contributed by atoms with Gasteiger partial charge in [0.1, 0.15) is 4.92 Å². The van der Waals surface area contributed by atoms with Crippen LogP contribution in [0.15, 0.2) is 16.5 Å². The average Bonchev–Trinajstić information content (AvgIpc) is 3.03. The van der Waals surface area contributed by atoms with Gasteiger partial charge in [0.15, 0.2) is 5.76 Å². The molecule has 1 aromatic heterocycles. The lowest BCUT2D eigenvalue weighted by Crippen LogP contribution is -2.51. The van der Waals surface area contributed by atoms with E-state index in [0.717, 1.165) is 6.42 Å². The van der Waals surface area contributed by atoms with Gasteiger partial charge in [0.2, 0.25) is 5.91 Å². The third-order valence-electron chi connectivity index (χ3n) is 3.58. The number of hydrogen-bond acceptors (Lipinski definition) is 6. The molecule has 0 bridgehead atoms. The van der Waals surface area contributed by atoms with Crippen LogP contribution in [0.2, 0.25) is 0 Å². The van der Waals surface area contributed by atoms with Gasteiger partial charge in [-0.15, -0.1) is 0 Å². The third kappa shape index (κ3) is 4.52. The third-order valence-corrected chi connectivity index (χ3v) is 3.58. The maximum atomic E-state index is 12.2. The fourth-order valence-electron chi connectivity index (χ4n) is 2.33. The minimum Gasteiger partial charge on any atom is -0.395 e. The molecule has 1 aliphatic rings. The summed E-state index contributed by atoms with van der Waals surface area (Å²) >= 11 is 0. The topological polar surface area (TPSA) is 109 Å². The fraction of sp³-hybridized carbons (Fsp3) is 0.571. The predicted molar refractivity (Wildman–Crippen MR) is 81.0 cm³/mol. The van der Waals surface area contributed by atoms with E-state index in [2.05, 4.69) is 5.32 Å². The van der Waals surface area contributed by atoms with Gasteiger partial charge in [-0.2, -0.15) is 0 Å². The average molecular weight is 324 g/mol. The predicted octanol–water partition coefficient (Wildman–Crippen LogP) is 0.472. The Morgan fingerprint density at radius 1 is 1.30 bits per heavy atom. The van der Waals surface area contributed by atoms with Crippen LogP contribution in [0.1, 0.15) is 23.9 Å². The lowest BCUT2D eigenvalue weighted by atomic mass is 10.3. The number of nitrogens with one attached hydrogen (secondary N) is 1. The Bertz CT molecular complexity index is 577. The van der Waals surface area contributed by atoms with Crippen molar-refractivity contribution in [1.82, 2.24) is 15.1 Å². The van der Waals surface area contributed by atoms with E-state index in [0.29, 0.717) is 39.3 Å². The smallest absolute Gasteiger partial charge is 0.395 e. The molecule has 1 N–H and O–H groups in total. The normalized spacial score (nSPS) is 15.4. The van der Waals surface area contributed by atoms with Gasteiger partial charge in [0, 0.05) is 32.7 Å². The van der Waals surface area contributed by atoms with Crippen LogP contribution in [0.25, 0.3) is 0 Å². The first-order valence-corrected chi connectivity index (χ1v) is 7.53. The molecule has 0 aliphatic carbocycles. The summed E-state index contributed by atoms with van der Waals surface area (Å²) in [6, 6.07) is 2.48. The van der Waals surface area contributed by atoms with Crippen molar-refractivity contribution < 1.29 is 18.9 Å². The van der Waals surface area contributed by atoms with Gasteiger partial charge in [-0.1, -0.05) is 6.92 Å². The van der Waals surface area contributed by atoms with Gasteiger partial charge >= 0.3 is 5.88 Å². The highest BCUT2D eigenvalue weighted by Gasteiger charge is 2.26. The van der Waals surface area contributed by atoms with Crippen molar-refractivity contribution >= 4 is 17.7 Å². The Morgan fingerprint density at radius 3 is 2.57 bits per heavy atom. The van der Waals surface area contributed by atoms with Crippen LogP contribution >= 0.6 is 0 Å². The second kappa shape index (κ2) is 7.73. The molecule has 2 rings (SSSR count). The van der Waals surface area contributed by atoms with E-state index in [1.807, 2.05) is 11.8 Å². The van der Waals surface area contributed by atoms with Crippen molar-refractivity contribution in [2.24, 2.45) is 0 Å². The van der Waals surface area contributed by atoms with Crippen LogP contribution < -0.4 is 5.32 Å². The second-order valence-corrected chi connectivity index (χ2v) is 5.31. The molecule has 0 spiro atoms. The van der Waals surface area contributed by atoms with E-state index in [4.69, 9.17) is 4.42 Å². The molecule has 0 radical (unpaired) electrons. The number of hydrogen-bond donors (Lipinski definition) is 1. The van der Waals surface area contributed by atoms with Crippen LogP contribution in [0.4, 0.5) is 5.88 Å². The minimum atomic E-state index is -0.677. The lowest BCUT2D eigenvalue weighted by molar-refractivity contribution is -0.402. The number of carbonyl (C=O) groups excluding carboxylic acids is 2. The summed E-state index contributed by atoms with van der Waals surface area (Å²) < 4.78 is 4.93. The summed E-state index contributed by atoms with van der Waals surface area (Å²) in [6.45, 7) is 5.03. The molecule has 1 fully saturated rings. The Kier molecular flexibility index (Phi) is 5.69. The van der Waals surface area contributed by atoms with Crippen LogP contribution in [0.5, 0.6) is 0 Å². The number of carbonyl (C=O) groups is 2. The standard InChI is InChI=1S/C14H20N4O5/c1-2-5-15-12(19)10-16-6-8-17(9-7-16)14(20)11-3-4-13(23-11)18(21)22/h3-4H,2,5-10H2,1H3,(H,15,19). The summed E-state index contributed by atoms with van der Waals surface area (Å²) in [5, 5.41) is 13.4. The number of nitro groups is 1. The van der Waals surface area contributed by atoms with Gasteiger partial charge in [0.25, 0.3) is 5.91 Å². The van der Waals surface area contributed by atoms with E-state index in [9.17, 15) is 19.7 Å². The highest BCUT2D eigenvalue weighted by Crippen LogP contribution is 2.18. The molecule has 9 nitrogen and oxygen atoms in total. The van der Waals surface area contributed by atoms with Crippen molar-refractivity contribution in [2.45, 2.75) is 13.3 Å². The number of amides is 2. The maximum Gasteiger partial charge on any atom is 0.433 e. The number of piperazine rings is 1. The first-order valence-electron chi connectivity index (χ1n) is 7.53. The summed E-state index contributed by atoms with van der Waals surface area (Å²) in [5.74, 6) is -0.869. The van der Waals surface area contributed by atoms with Gasteiger partial charge in [-0.25, -0.2) is 0 Å². The monoisotopic (exact) mass is 324 g/mol. The van der Waals surface area contributed by atoms with Gasteiger partial charge in [-0.3, -0.25) is 24.6 Å².